The van der Waals surface area contributed by atoms with Crippen LogP contribution in [0.15, 0.2) is 28.9 Å². The summed E-state index contributed by atoms with van der Waals surface area (Å²) in [5.74, 6) is 0.680. The molecule has 0 fully saturated rings. The van der Waals surface area contributed by atoms with Crippen molar-refractivity contribution in [1.82, 2.24) is 0 Å². The molecule has 0 radical (unpaired) electrons. The van der Waals surface area contributed by atoms with Crippen molar-refractivity contribution in [3.05, 3.63) is 34.4 Å². The molecule has 0 spiro atoms. The minimum absolute atomic E-state index is 0.289. The van der Waals surface area contributed by atoms with Gasteiger partial charge in [0.1, 0.15) is 12.4 Å². The van der Waals surface area contributed by atoms with E-state index in [1.165, 1.54) is 6.21 Å². The van der Waals surface area contributed by atoms with Gasteiger partial charge in [0.15, 0.2) is 0 Å². The van der Waals surface area contributed by atoms with E-state index in [1.54, 1.807) is 18.2 Å². The van der Waals surface area contributed by atoms with Crippen LogP contribution >= 0.6 is 23.2 Å². The van der Waals surface area contributed by atoms with Crippen LogP contribution in [0.25, 0.3) is 5.03 Å². The summed E-state index contributed by atoms with van der Waals surface area (Å²) in [6.45, 7) is 0.289. The summed E-state index contributed by atoms with van der Waals surface area (Å²) < 4.78 is 5.41. The number of fused-ring (bicyclic) bond motifs is 1. The first-order valence-electron chi connectivity index (χ1n) is 4.21. The minimum Gasteiger partial charge on any atom is -0.488 e. The zero-order valence-corrected chi connectivity index (χ0v) is 9.09. The van der Waals surface area contributed by atoms with E-state index in [2.05, 4.69) is 5.16 Å². The summed E-state index contributed by atoms with van der Waals surface area (Å²) in [5, 5.41) is 12.4. The number of hydrogen-bond donors (Lipinski definition) is 1. The summed E-state index contributed by atoms with van der Waals surface area (Å²) in [6.07, 6.45) is 1.26. The van der Waals surface area contributed by atoms with Crippen LogP contribution in [0, 0.1) is 0 Å². The molecule has 1 aliphatic rings. The third kappa shape index (κ3) is 1.94. The SMILES string of the molecule is O/N=C\C1=C(Cl)c2cc(Cl)ccc2OC1. The van der Waals surface area contributed by atoms with Gasteiger partial charge in [0.05, 0.1) is 11.2 Å². The quantitative estimate of drug-likeness (QED) is 0.468. The highest BCUT2D eigenvalue weighted by atomic mass is 35.5. The summed E-state index contributed by atoms with van der Waals surface area (Å²) >= 11 is 11.9. The van der Waals surface area contributed by atoms with Crippen LogP contribution in [0.3, 0.4) is 0 Å². The van der Waals surface area contributed by atoms with Gasteiger partial charge >= 0.3 is 0 Å². The predicted molar refractivity (Wildman–Crippen MR) is 60.0 cm³/mol. The van der Waals surface area contributed by atoms with Crippen molar-refractivity contribution in [2.24, 2.45) is 5.16 Å². The summed E-state index contributed by atoms with van der Waals surface area (Å²) in [5.41, 5.74) is 1.33. The molecule has 1 heterocycles. The van der Waals surface area contributed by atoms with Gasteiger partial charge in [-0.15, -0.1) is 0 Å². The van der Waals surface area contributed by atoms with Gasteiger partial charge in [0.2, 0.25) is 0 Å². The van der Waals surface area contributed by atoms with Crippen molar-refractivity contribution in [3.63, 3.8) is 0 Å². The minimum atomic E-state index is 0.289. The van der Waals surface area contributed by atoms with Crippen LogP contribution in [0.1, 0.15) is 5.56 Å². The van der Waals surface area contributed by atoms with Crippen molar-refractivity contribution in [1.29, 1.82) is 0 Å². The number of hydrogen-bond acceptors (Lipinski definition) is 3. The van der Waals surface area contributed by atoms with Gasteiger partial charge in [-0.1, -0.05) is 28.4 Å². The maximum Gasteiger partial charge on any atom is 0.128 e. The maximum absolute atomic E-state index is 8.43. The molecular weight excluding hydrogens is 237 g/mol. The standard InChI is InChI=1S/C10H7Cl2NO2/c11-7-1-2-9-8(3-7)10(12)6(4-13-14)5-15-9/h1-4,14H,5H2/b13-4-. The number of oxime groups is 1. The molecule has 15 heavy (non-hydrogen) atoms. The van der Waals surface area contributed by atoms with Crippen molar-refractivity contribution in [3.8, 4) is 5.75 Å². The first kappa shape index (κ1) is 10.3. The highest BCUT2D eigenvalue weighted by molar-refractivity contribution is 6.51. The lowest BCUT2D eigenvalue weighted by atomic mass is 10.1. The highest BCUT2D eigenvalue weighted by Gasteiger charge is 2.17. The van der Waals surface area contributed by atoms with E-state index in [-0.39, 0.29) is 6.61 Å². The first-order chi connectivity index (χ1) is 7.22. The fourth-order valence-electron chi connectivity index (χ4n) is 1.36. The molecule has 0 unspecified atom stereocenters. The number of nitrogens with zero attached hydrogens (tertiary/aromatic N) is 1. The smallest absolute Gasteiger partial charge is 0.128 e. The Morgan fingerprint density at radius 3 is 2.93 bits per heavy atom. The molecule has 3 nitrogen and oxygen atoms in total. The van der Waals surface area contributed by atoms with Crippen molar-refractivity contribution in [2.75, 3.05) is 6.61 Å². The maximum atomic E-state index is 8.43. The second kappa shape index (κ2) is 4.13. The third-order valence-electron chi connectivity index (χ3n) is 2.06. The molecule has 0 atom stereocenters. The van der Waals surface area contributed by atoms with Crippen molar-refractivity contribution >= 4 is 34.4 Å². The fourth-order valence-corrected chi connectivity index (χ4v) is 1.78. The van der Waals surface area contributed by atoms with Crippen LogP contribution in [0.2, 0.25) is 5.02 Å². The van der Waals surface area contributed by atoms with Gasteiger partial charge in [0.25, 0.3) is 0 Å². The van der Waals surface area contributed by atoms with Gasteiger partial charge in [-0.2, -0.15) is 0 Å². The third-order valence-corrected chi connectivity index (χ3v) is 2.74. The van der Waals surface area contributed by atoms with E-state index >= 15 is 0 Å². The fraction of sp³-hybridized carbons (Fsp3) is 0.100. The molecule has 0 aromatic heterocycles. The molecule has 2 rings (SSSR count). The Labute approximate surface area is 96.6 Å². The number of rotatable bonds is 1. The second-order valence-electron chi connectivity index (χ2n) is 3.01. The Morgan fingerprint density at radius 1 is 1.40 bits per heavy atom. The Balaban J connectivity index is 2.54. The van der Waals surface area contributed by atoms with E-state index in [0.717, 1.165) is 0 Å². The second-order valence-corrected chi connectivity index (χ2v) is 3.83. The molecule has 1 aromatic rings. The molecule has 1 N–H and O–H groups in total. The highest BCUT2D eigenvalue weighted by Crippen LogP contribution is 2.36. The van der Waals surface area contributed by atoms with Gasteiger partial charge in [0, 0.05) is 16.2 Å². The van der Waals surface area contributed by atoms with E-state index < -0.39 is 0 Å². The molecule has 1 aromatic carbocycles. The first-order valence-corrected chi connectivity index (χ1v) is 4.97. The van der Waals surface area contributed by atoms with Gasteiger partial charge in [-0.05, 0) is 18.2 Å². The number of halogens is 2. The van der Waals surface area contributed by atoms with Crippen LogP contribution in [-0.4, -0.2) is 18.0 Å². The molecule has 0 aliphatic carbocycles. The average molecular weight is 244 g/mol. The predicted octanol–water partition coefficient (Wildman–Crippen LogP) is 3.14. The van der Waals surface area contributed by atoms with E-state index in [0.29, 0.717) is 26.9 Å². The summed E-state index contributed by atoms with van der Waals surface area (Å²) in [6, 6.07) is 5.20. The average Bonchev–Trinajstić information content (AvgIpc) is 2.23. The van der Waals surface area contributed by atoms with Crippen LogP contribution in [0.5, 0.6) is 5.75 Å². The Hall–Kier alpha value is -1.19. The molecular formula is C10H7Cl2NO2. The number of benzene rings is 1. The molecule has 1 aliphatic heterocycles. The van der Waals surface area contributed by atoms with E-state index in [4.69, 9.17) is 33.1 Å². The lowest BCUT2D eigenvalue weighted by Crippen LogP contribution is -2.10. The van der Waals surface area contributed by atoms with E-state index in [9.17, 15) is 0 Å². The zero-order chi connectivity index (χ0) is 10.8. The van der Waals surface area contributed by atoms with Gasteiger partial charge in [-0.3, -0.25) is 0 Å². The van der Waals surface area contributed by atoms with Gasteiger partial charge in [-0.25, -0.2) is 0 Å². The molecule has 0 saturated carbocycles. The van der Waals surface area contributed by atoms with Crippen LogP contribution in [-0.2, 0) is 0 Å². The van der Waals surface area contributed by atoms with Crippen molar-refractivity contribution < 1.29 is 9.94 Å². The van der Waals surface area contributed by atoms with Crippen molar-refractivity contribution in [2.45, 2.75) is 0 Å². The topological polar surface area (TPSA) is 41.8 Å². The number of ether oxygens (including phenoxy) is 1. The monoisotopic (exact) mass is 243 g/mol. The molecule has 5 heteroatoms. The summed E-state index contributed by atoms with van der Waals surface area (Å²) in [4.78, 5) is 0. The van der Waals surface area contributed by atoms with E-state index in [1.807, 2.05) is 0 Å². The Bertz CT molecular complexity index is 455. The zero-order valence-electron chi connectivity index (χ0n) is 7.58. The van der Waals surface area contributed by atoms with Gasteiger partial charge < -0.3 is 9.94 Å². The Morgan fingerprint density at radius 2 is 2.20 bits per heavy atom. The molecule has 78 valence electrons. The molecule has 0 amide bonds. The summed E-state index contributed by atoms with van der Waals surface area (Å²) in [7, 11) is 0. The molecule has 0 saturated heterocycles. The molecule has 0 bridgehead atoms. The lowest BCUT2D eigenvalue weighted by molar-refractivity contribution is 0.319. The normalized spacial score (nSPS) is 15.3. The largest absolute Gasteiger partial charge is 0.488 e. The Kier molecular flexibility index (Phi) is 2.84. The van der Waals surface area contributed by atoms with Crippen LogP contribution in [0.4, 0.5) is 0 Å². The lowest BCUT2D eigenvalue weighted by Gasteiger charge is -2.18. The van der Waals surface area contributed by atoms with Crippen LogP contribution < -0.4 is 4.74 Å².